The molecule has 0 aromatic carbocycles. The van der Waals surface area contributed by atoms with Crippen molar-refractivity contribution in [2.75, 3.05) is 42.9 Å². The predicted octanol–water partition coefficient (Wildman–Crippen LogP) is 0.796. The number of carbonyl (C=O) groups is 1. The number of anilines is 2. The van der Waals surface area contributed by atoms with Crippen LogP contribution in [0.25, 0.3) is 0 Å². The summed E-state index contributed by atoms with van der Waals surface area (Å²) < 4.78 is 0. The molecule has 0 bridgehead atoms. The van der Waals surface area contributed by atoms with Crippen molar-refractivity contribution in [3.05, 3.63) is 11.8 Å². The number of nitrogens with zero attached hydrogens (tertiary/aromatic N) is 3. The minimum Gasteiger partial charge on any atom is -0.477 e. The highest BCUT2D eigenvalue weighted by Gasteiger charge is 2.16. The van der Waals surface area contributed by atoms with Gasteiger partial charge in [0.05, 0.1) is 0 Å². The number of unbranched alkanes of at least 4 members (excludes halogenated alkanes) is 1. The van der Waals surface area contributed by atoms with Gasteiger partial charge in [-0.3, -0.25) is 0 Å². The smallest absolute Gasteiger partial charge is 0.354 e. The van der Waals surface area contributed by atoms with E-state index in [9.17, 15) is 4.79 Å². The SMILES string of the molecule is CCCCNc1nc(C(=O)O)cc(N2CCNCC2)n1. The first kappa shape index (κ1) is 14.5. The maximum atomic E-state index is 11.2. The van der Waals surface area contributed by atoms with E-state index in [-0.39, 0.29) is 5.69 Å². The van der Waals surface area contributed by atoms with E-state index in [1.807, 2.05) is 0 Å². The van der Waals surface area contributed by atoms with Crippen LogP contribution in [0.3, 0.4) is 0 Å². The normalized spacial score (nSPS) is 15.2. The molecule has 7 heteroatoms. The van der Waals surface area contributed by atoms with Gasteiger partial charge in [0.25, 0.3) is 0 Å². The first-order chi connectivity index (χ1) is 9.70. The van der Waals surface area contributed by atoms with Gasteiger partial charge in [-0.05, 0) is 6.42 Å². The molecule has 2 rings (SSSR count). The molecule has 0 saturated carbocycles. The fraction of sp³-hybridized carbons (Fsp3) is 0.615. The van der Waals surface area contributed by atoms with Crippen LogP contribution in [0.2, 0.25) is 0 Å². The zero-order valence-corrected chi connectivity index (χ0v) is 11.7. The summed E-state index contributed by atoms with van der Waals surface area (Å²) in [7, 11) is 0. The summed E-state index contributed by atoms with van der Waals surface area (Å²) in [5, 5.41) is 15.5. The lowest BCUT2D eigenvalue weighted by Crippen LogP contribution is -2.44. The summed E-state index contributed by atoms with van der Waals surface area (Å²) in [6.07, 6.45) is 2.07. The largest absolute Gasteiger partial charge is 0.477 e. The minimum atomic E-state index is -1.03. The van der Waals surface area contributed by atoms with Crippen molar-refractivity contribution >= 4 is 17.7 Å². The molecular formula is C13H21N5O2. The molecule has 0 aliphatic carbocycles. The molecular weight excluding hydrogens is 258 g/mol. The van der Waals surface area contributed by atoms with Crippen LogP contribution in [-0.4, -0.2) is 53.8 Å². The van der Waals surface area contributed by atoms with Gasteiger partial charge in [-0.25, -0.2) is 9.78 Å². The second-order valence-corrected chi connectivity index (χ2v) is 4.76. The molecule has 110 valence electrons. The van der Waals surface area contributed by atoms with Gasteiger partial charge in [0.15, 0.2) is 5.69 Å². The number of aromatic carboxylic acids is 1. The maximum Gasteiger partial charge on any atom is 0.354 e. The number of aromatic nitrogens is 2. The van der Waals surface area contributed by atoms with Crippen molar-refractivity contribution < 1.29 is 9.90 Å². The lowest BCUT2D eigenvalue weighted by molar-refractivity contribution is 0.0690. The van der Waals surface area contributed by atoms with E-state index in [0.29, 0.717) is 11.8 Å². The lowest BCUT2D eigenvalue weighted by Gasteiger charge is -2.28. The van der Waals surface area contributed by atoms with E-state index >= 15 is 0 Å². The number of piperazine rings is 1. The molecule has 1 saturated heterocycles. The van der Waals surface area contributed by atoms with Crippen molar-refractivity contribution in [1.82, 2.24) is 15.3 Å². The summed E-state index contributed by atoms with van der Waals surface area (Å²) in [4.78, 5) is 21.7. The van der Waals surface area contributed by atoms with Gasteiger partial charge in [-0.1, -0.05) is 13.3 Å². The van der Waals surface area contributed by atoms with Gasteiger partial charge >= 0.3 is 5.97 Å². The highest BCUT2D eigenvalue weighted by atomic mass is 16.4. The van der Waals surface area contributed by atoms with Crippen LogP contribution in [0.1, 0.15) is 30.3 Å². The summed E-state index contributed by atoms with van der Waals surface area (Å²) >= 11 is 0. The molecule has 1 aliphatic heterocycles. The van der Waals surface area contributed by atoms with Crippen LogP contribution in [-0.2, 0) is 0 Å². The van der Waals surface area contributed by atoms with Crippen LogP contribution in [0, 0.1) is 0 Å². The average Bonchev–Trinajstić information content (AvgIpc) is 2.48. The zero-order valence-electron chi connectivity index (χ0n) is 11.7. The third-order valence-electron chi connectivity index (χ3n) is 3.19. The molecule has 20 heavy (non-hydrogen) atoms. The fourth-order valence-electron chi connectivity index (χ4n) is 2.06. The van der Waals surface area contributed by atoms with Gasteiger partial charge in [-0.15, -0.1) is 0 Å². The van der Waals surface area contributed by atoms with Gasteiger partial charge in [0.1, 0.15) is 5.82 Å². The lowest BCUT2D eigenvalue weighted by atomic mass is 10.3. The molecule has 2 heterocycles. The Labute approximate surface area is 118 Å². The van der Waals surface area contributed by atoms with E-state index in [2.05, 4.69) is 32.4 Å². The number of carboxylic acids is 1. The quantitative estimate of drug-likeness (QED) is 0.663. The summed E-state index contributed by atoms with van der Waals surface area (Å²) in [6, 6.07) is 1.54. The molecule has 1 fully saturated rings. The Morgan fingerprint density at radius 3 is 2.85 bits per heavy atom. The first-order valence-corrected chi connectivity index (χ1v) is 7.02. The summed E-state index contributed by atoms with van der Waals surface area (Å²) in [5.41, 5.74) is 0.0348. The van der Waals surface area contributed by atoms with Gasteiger partial charge in [-0.2, -0.15) is 4.98 Å². The molecule has 1 aromatic rings. The number of hydrogen-bond donors (Lipinski definition) is 3. The van der Waals surface area contributed by atoms with Crippen LogP contribution in [0.4, 0.5) is 11.8 Å². The molecule has 0 spiro atoms. The minimum absolute atomic E-state index is 0.0348. The molecule has 3 N–H and O–H groups in total. The van der Waals surface area contributed by atoms with Gasteiger partial charge < -0.3 is 20.6 Å². The van der Waals surface area contributed by atoms with E-state index in [4.69, 9.17) is 5.11 Å². The topological polar surface area (TPSA) is 90.4 Å². The Morgan fingerprint density at radius 2 is 2.20 bits per heavy atom. The standard InChI is InChI=1S/C13H21N5O2/c1-2-3-4-15-13-16-10(12(19)20)9-11(17-13)18-7-5-14-6-8-18/h9,14H,2-8H2,1H3,(H,19,20)(H,15,16,17). The Morgan fingerprint density at radius 1 is 1.45 bits per heavy atom. The van der Waals surface area contributed by atoms with Crippen molar-refractivity contribution in [3.8, 4) is 0 Å². The molecule has 0 atom stereocenters. The number of rotatable bonds is 6. The number of nitrogens with one attached hydrogen (secondary N) is 2. The Bertz CT molecular complexity index is 460. The molecule has 7 nitrogen and oxygen atoms in total. The highest BCUT2D eigenvalue weighted by molar-refractivity contribution is 5.86. The van der Waals surface area contributed by atoms with Crippen molar-refractivity contribution in [3.63, 3.8) is 0 Å². The molecule has 1 aromatic heterocycles. The number of carboxylic acid groups (broad SMARTS) is 1. The Kier molecular flexibility index (Phi) is 5.11. The van der Waals surface area contributed by atoms with Crippen LogP contribution in [0.5, 0.6) is 0 Å². The van der Waals surface area contributed by atoms with Crippen LogP contribution < -0.4 is 15.5 Å². The second kappa shape index (κ2) is 7.04. The van der Waals surface area contributed by atoms with Crippen molar-refractivity contribution in [1.29, 1.82) is 0 Å². The fourth-order valence-corrected chi connectivity index (χ4v) is 2.06. The molecule has 0 amide bonds. The monoisotopic (exact) mass is 279 g/mol. The Balaban J connectivity index is 2.18. The van der Waals surface area contributed by atoms with Crippen LogP contribution in [0.15, 0.2) is 6.07 Å². The predicted molar refractivity (Wildman–Crippen MR) is 77.5 cm³/mol. The number of hydrogen-bond acceptors (Lipinski definition) is 6. The summed E-state index contributed by atoms with van der Waals surface area (Å²) in [5.74, 6) is 0.0482. The third-order valence-corrected chi connectivity index (χ3v) is 3.19. The van der Waals surface area contributed by atoms with E-state index in [1.54, 1.807) is 6.07 Å². The van der Waals surface area contributed by atoms with Crippen molar-refractivity contribution in [2.24, 2.45) is 0 Å². The first-order valence-electron chi connectivity index (χ1n) is 7.02. The molecule has 1 aliphatic rings. The third kappa shape index (κ3) is 3.80. The molecule has 0 radical (unpaired) electrons. The van der Waals surface area contributed by atoms with Crippen molar-refractivity contribution in [2.45, 2.75) is 19.8 Å². The van der Waals surface area contributed by atoms with E-state index < -0.39 is 5.97 Å². The van der Waals surface area contributed by atoms with Gasteiger partial charge in [0.2, 0.25) is 5.95 Å². The Hall–Kier alpha value is -1.89. The second-order valence-electron chi connectivity index (χ2n) is 4.76. The molecule has 0 unspecified atom stereocenters. The summed E-state index contributed by atoms with van der Waals surface area (Å²) in [6.45, 7) is 6.26. The van der Waals surface area contributed by atoms with E-state index in [1.165, 1.54) is 0 Å². The average molecular weight is 279 g/mol. The van der Waals surface area contributed by atoms with Gasteiger partial charge in [0, 0.05) is 38.8 Å². The maximum absolute atomic E-state index is 11.2. The van der Waals surface area contributed by atoms with E-state index in [0.717, 1.165) is 45.6 Å². The van der Waals surface area contributed by atoms with Crippen LogP contribution >= 0.6 is 0 Å². The highest BCUT2D eigenvalue weighted by Crippen LogP contribution is 2.16. The zero-order chi connectivity index (χ0) is 14.4.